The number of aromatic nitrogens is 2. The number of hydrogen-bond donors (Lipinski definition) is 1. The van der Waals surface area contributed by atoms with Crippen LogP contribution in [0.25, 0.3) is 0 Å². The first-order chi connectivity index (χ1) is 15.9. The van der Waals surface area contributed by atoms with Gasteiger partial charge in [0.05, 0.1) is 11.4 Å². The average Bonchev–Trinajstić information content (AvgIpc) is 3.36. The molecular formula is C23H22F6N4O. The molecule has 2 aliphatic carbocycles. The number of amides is 1. The summed E-state index contributed by atoms with van der Waals surface area (Å²) in [6.07, 6.45) is -4.19. The molecule has 5 nitrogen and oxygen atoms in total. The molecule has 182 valence electrons. The molecule has 1 aliphatic heterocycles. The van der Waals surface area contributed by atoms with Gasteiger partial charge in [0.2, 0.25) is 11.8 Å². The van der Waals surface area contributed by atoms with E-state index in [4.69, 9.17) is 0 Å². The van der Waals surface area contributed by atoms with Gasteiger partial charge in [-0.1, -0.05) is 13.0 Å². The van der Waals surface area contributed by atoms with Gasteiger partial charge in [-0.05, 0) is 29.4 Å². The quantitative estimate of drug-likeness (QED) is 0.580. The van der Waals surface area contributed by atoms with Gasteiger partial charge in [-0.25, -0.2) is 18.2 Å². The van der Waals surface area contributed by atoms with Gasteiger partial charge in [0.1, 0.15) is 5.69 Å². The van der Waals surface area contributed by atoms with Crippen LogP contribution in [-0.2, 0) is 17.5 Å². The number of nitrogens with zero attached hydrogens (tertiary/aromatic N) is 3. The van der Waals surface area contributed by atoms with Gasteiger partial charge in [0.15, 0.2) is 11.6 Å². The molecule has 34 heavy (non-hydrogen) atoms. The van der Waals surface area contributed by atoms with Crippen molar-refractivity contribution in [3.05, 3.63) is 47.2 Å². The largest absolute Gasteiger partial charge is 0.433 e. The normalized spacial score (nSPS) is 25.3. The van der Waals surface area contributed by atoms with E-state index in [1.807, 2.05) is 11.8 Å². The Hall–Kier alpha value is -2.85. The van der Waals surface area contributed by atoms with Crippen LogP contribution >= 0.6 is 0 Å². The van der Waals surface area contributed by atoms with Crippen LogP contribution in [0.4, 0.5) is 37.8 Å². The number of alkyl halides is 5. The number of carbonyl (C=O) groups excluding carboxylic acids is 1. The van der Waals surface area contributed by atoms with Gasteiger partial charge in [-0.15, -0.1) is 0 Å². The molecular weight excluding hydrogens is 462 g/mol. The van der Waals surface area contributed by atoms with E-state index in [-0.39, 0.29) is 49.4 Å². The van der Waals surface area contributed by atoms with Crippen molar-refractivity contribution in [3.63, 3.8) is 0 Å². The highest BCUT2D eigenvalue weighted by Crippen LogP contribution is 2.59. The summed E-state index contributed by atoms with van der Waals surface area (Å²) in [4.78, 5) is 22.0. The Balaban J connectivity index is 1.33. The molecule has 1 amide bonds. The zero-order chi connectivity index (χ0) is 24.4. The van der Waals surface area contributed by atoms with Crippen molar-refractivity contribution in [3.8, 4) is 0 Å². The third kappa shape index (κ3) is 4.32. The average molecular weight is 484 g/mol. The minimum absolute atomic E-state index is 0.0959. The fourth-order valence-corrected chi connectivity index (χ4v) is 5.14. The second-order valence-electron chi connectivity index (χ2n) is 9.58. The van der Waals surface area contributed by atoms with Crippen LogP contribution in [0.2, 0.25) is 0 Å². The molecule has 11 heteroatoms. The minimum Gasteiger partial charge on any atom is -0.365 e. The van der Waals surface area contributed by atoms with Gasteiger partial charge in [0, 0.05) is 50.5 Å². The molecule has 3 unspecified atom stereocenters. The number of hydrogen-bond acceptors (Lipinski definition) is 4. The van der Waals surface area contributed by atoms with Gasteiger partial charge in [-0.2, -0.15) is 13.2 Å². The van der Waals surface area contributed by atoms with E-state index in [9.17, 15) is 31.1 Å². The summed E-state index contributed by atoms with van der Waals surface area (Å²) < 4.78 is 79.2. The Kier molecular flexibility index (Phi) is 5.29. The number of nitrogens with one attached hydrogen (secondary N) is 1. The third-order valence-corrected chi connectivity index (χ3v) is 7.03. The summed E-state index contributed by atoms with van der Waals surface area (Å²) in [5, 5.41) is 2.42. The number of rotatable bonds is 5. The van der Waals surface area contributed by atoms with E-state index >= 15 is 0 Å². The fourth-order valence-electron chi connectivity index (χ4n) is 5.14. The fraction of sp³-hybridized carbons (Fsp3) is 0.522. The molecule has 2 fully saturated rings. The lowest BCUT2D eigenvalue weighted by Crippen LogP contribution is -2.37. The zero-order valence-corrected chi connectivity index (χ0v) is 18.2. The number of fused-ring (bicyclic) bond motifs is 3. The highest BCUT2D eigenvalue weighted by atomic mass is 19.4. The maximum atomic E-state index is 14.9. The van der Waals surface area contributed by atoms with Crippen molar-refractivity contribution in [1.29, 1.82) is 0 Å². The molecule has 0 spiro atoms. The summed E-state index contributed by atoms with van der Waals surface area (Å²) in [5.74, 6) is -4.07. The Bertz CT molecular complexity index is 1110. The molecule has 0 radical (unpaired) electrons. The maximum absolute atomic E-state index is 14.9. The van der Waals surface area contributed by atoms with Crippen molar-refractivity contribution < 1.29 is 31.1 Å². The minimum atomic E-state index is -4.53. The number of halogens is 6. The van der Waals surface area contributed by atoms with E-state index in [1.54, 1.807) is 0 Å². The summed E-state index contributed by atoms with van der Waals surface area (Å²) >= 11 is 0. The lowest BCUT2D eigenvalue weighted by atomic mass is 9.79. The Labute approximate surface area is 191 Å². The Morgan fingerprint density at radius 3 is 2.62 bits per heavy atom. The zero-order valence-electron chi connectivity index (χ0n) is 18.2. The van der Waals surface area contributed by atoms with Crippen LogP contribution in [-0.4, -0.2) is 28.3 Å². The molecule has 3 aliphatic rings. The smallest absolute Gasteiger partial charge is 0.365 e. The van der Waals surface area contributed by atoms with E-state index in [1.165, 1.54) is 12.1 Å². The SMILES string of the molecule is CC1C2CN(Cc3ccc(C(F)(F)F)nc3)c3cc(F)c(NC(=O)CC4CC(F)(F)C4)nc3C12. The molecule has 3 heterocycles. The predicted molar refractivity (Wildman–Crippen MR) is 111 cm³/mol. The third-order valence-electron chi connectivity index (χ3n) is 7.03. The summed E-state index contributed by atoms with van der Waals surface area (Å²) in [5.41, 5.74) is 0.709. The van der Waals surface area contributed by atoms with Crippen molar-refractivity contribution >= 4 is 17.4 Å². The molecule has 0 bridgehead atoms. The molecule has 0 aromatic carbocycles. The number of pyridine rings is 2. The first-order valence-corrected chi connectivity index (χ1v) is 11.1. The molecule has 2 saturated carbocycles. The van der Waals surface area contributed by atoms with Crippen LogP contribution < -0.4 is 10.2 Å². The standard InChI is InChI=1S/C23H22F6N4O/c1-11-14-10-33(9-12-2-3-17(30-8-12)23(27,28)29)16-5-15(24)21(32-20(16)19(11)14)31-18(34)4-13-6-22(25,26)7-13/h2-3,5,8,11,13-14,19H,4,6-7,9-10H2,1H3,(H,31,32,34). The van der Waals surface area contributed by atoms with Crippen LogP contribution in [0.5, 0.6) is 0 Å². The molecule has 3 atom stereocenters. The lowest BCUT2D eigenvalue weighted by molar-refractivity contribution is -0.141. The Morgan fingerprint density at radius 2 is 2.00 bits per heavy atom. The number of anilines is 2. The van der Waals surface area contributed by atoms with Crippen LogP contribution in [0.1, 0.15) is 49.1 Å². The van der Waals surface area contributed by atoms with Crippen LogP contribution in [0, 0.1) is 23.6 Å². The molecule has 0 saturated heterocycles. The predicted octanol–water partition coefficient (Wildman–Crippen LogP) is 5.38. The molecule has 2 aromatic heterocycles. The van der Waals surface area contributed by atoms with E-state index in [0.717, 1.165) is 12.3 Å². The van der Waals surface area contributed by atoms with Gasteiger partial charge < -0.3 is 10.2 Å². The second-order valence-corrected chi connectivity index (χ2v) is 9.58. The summed E-state index contributed by atoms with van der Waals surface area (Å²) in [6, 6.07) is 3.53. The van der Waals surface area contributed by atoms with Crippen molar-refractivity contribution in [2.24, 2.45) is 17.8 Å². The second kappa shape index (κ2) is 7.84. The van der Waals surface area contributed by atoms with E-state index < -0.39 is 35.4 Å². The van der Waals surface area contributed by atoms with E-state index in [0.29, 0.717) is 23.5 Å². The monoisotopic (exact) mass is 484 g/mol. The van der Waals surface area contributed by atoms with Gasteiger partial charge in [0.25, 0.3) is 0 Å². The van der Waals surface area contributed by atoms with Gasteiger partial charge >= 0.3 is 6.18 Å². The Morgan fingerprint density at radius 1 is 1.26 bits per heavy atom. The van der Waals surface area contributed by atoms with Crippen molar-refractivity contribution in [2.75, 3.05) is 16.8 Å². The van der Waals surface area contributed by atoms with E-state index in [2.05, 4.69) is 15.3 Å². The summed E-state index contributed by atoms with van der Waals surface area (Å²) in [7, 11) is 0. The number of carbonyl (C=O) groups is 1. The lowest BCUT2D eigenvalue weighted by Gasteiger charge is -2.34. The molecule has 1 N–H and O–H groups in total. The first kappa shape index (κ1) is 22.9. The highest BCUT2D eigenvalue weighted by Gasteiger charge is 2.53. The first-order valence-electron chi connectivity index (χ1n) is 11.1. The maximum Gasteiger partial charge on any atom is 0.433 e. The van der Waals surface area contributed by atoms with Crippen LogP contribution in [0.3, 0.4) is 0 Å². The van der Waals surface area contributed by atoms with Crippen LogP contribution in [0.15, 0.2) is 24.4 Å². The summed E-state index contributed by atoms with van der Waals surface area (Å²) in [6.45, 7) is 2.88. The highest BCUT2D eigenvalue weighted by molar-refractivity contribution is 5.90. The topological polar surface area (TPSA) is 58.1 Å². The molecule has 2 aromatic rings. The van der Waals surface area contributed by atoms with Crippen molar-refractivity contribution in [1.82, 2.24) is 9.97 Å². The molecule has 5 rings (SSSR count). The van der Waals surface area contributed by atoms with Gasteiger partial charge in [-0.3, -0.25) is 9.78 Å². The van der Waals surface area contributed by atoms with Crippen molar-refractivity contribution in [2.45, 2.75) is 50.7 Å².